The predicted molar refractivity (Wildman–Crippen MR) is 142 cm³/mol. The number of amides is 1. The fourth-order valence-corrected chi connectivity index (χ4v) is 5.66. The second kappa shape index (κ2) is 10.5. The van der Waals surface area contributed by atoms with Gasteiger partial charge in [0.05, 0.1) is 11.7 Å². The minimum atomic E-state index is -0.212. The largest absolute Gasteiger partial charge is 0.507 e. The number of benzene rings is 1. The molecule has 35 heavy (non-hydrogen) atoms. The molecule has 3 aromatic rings. The van der Waals surface area contributed by atoms with Crippen LogP contribution in [0.3, 0.4) is 0 Å². The molecule has 1 aliphatic carbocycles. The molecule has 0 spiro atoms. The number of aryl methyl sites for hydroxylation is 1. The van der Waals surface area contributed by atoms with Crippen LogP contribution in [0.2, 0.25) is 5.02 Å². The van der Waals surface area contributed by atoms with Crippen molar-refractivity contribution in [3.63, 3.8) is 0 Å². The Morgan fingerprint density at radius 2 is 1.86 bits per heavy atom. The monoisotopic (exact) mass is 497 g/mol. The molecule has 1 amide bonds. The number of aromatic nitrogens is 2. The Morgan fingerprint density at radius 1 is 1.17 bits per heavy atom. The highest BCUT2D eigenvalue weighted by Gasteiger charge is 2.28. The molecule has 8 heteroatoms. The maximum absolute atomic E-state index is 13.3. The zero-order valence-corrected chi connectivity index (χ0v) is 22.1. The first-order chi connectivity index (χ1) is 16.7. The standard InChI is InChI=1S/C27H36ClN5O2/c1-6-32(21-9-7-20(8-10-21)31(4)5)25-15-19(28)14-22(18(25)3)27(35)29-16-23-24-11-12-30-33(24)17(2)13-26(23)34/h11-15,20-21,34H,6-10,16H2,1-5H3,(H,29,35)/t20-,21-. The molecule has 0 atom stereocenters. The van der Waals surface area contributed by atoms with E-state index in [0.29, 0.717) is 28.2 Å². The SMILES string of the molecule is CCN(c1cc(Cl)cc(C(=O)NCc2c(O)cc(C)n3nccc23)c1C)[C@H]1CC[C@H](N(C)C)CC1. The van der Waals surface area contributed by atoms with Gasteiger partial charge in [0.25, 0.3) is 5.91 Å². The Labute approximate surface area is 212 Å². The molecule has 2 aromatic heterocycles. The van der Waals surface area contributed by atoms with Gasteiger partial charge in [0, 0.05) is 58.8 Å². The Bertz CT molecular complexity index is 1210. The third kappa shape index (κ3) is 5.11. The number of anilines is 1. The number of aromatic hydroxyl groups is 1. The van der Waals surface area contributed by atoms with Crippen molar-refractivity contribution in [3.8, 4) is 5.75 Å². The number of pyridine rings is 1. The number of fused-ring (bicyclic) bond motifs is 1. The van der Waals surface area contributed by atoms with Crippen LogP contribution in [-0.4, -0.2) is 58.3 Å². The quantitative estimate of drug-likeness (QED) is 0.483. The summed E-state index contributed by atoms with van der Waals surface area (Å²) in [6.45, 7) is 7.08. The van der Waals surface area contributed by atoms with Crippen molar-refractivity contribution < 1.29 is 9.90 Å². The summed E-state index contributed by atoms with van der Waals surface area (Å²) in [4.78, 5) is 18.0. The van der Waals surface area contributed by atoms with E-state index in [2.05, 4.69) is 41.2 Å². The molecule has 0 aliphatic heterocycles. The summed E-state index contributed by atoms with van der Waals surface area (Å²) < 4.78 is 1.76. The molecule has 1 saturated carbocycles. The van der Waals surface area contributed by atoms with Crippen molar-refractivity contribution in [1.29, 1.82) is 0 Å². The lowest BCUT2D eigenvalue weighted by Gasteiger charge is -2.40. The van der Waals surface area contributed by atoms with Crippen LogP contribution in [0.5, 0.6) is 5.75 Å². The summed E-state index contributed by atoms with van der Waals surface area (Å²) >= 11 is 6.53. The fraction of sp³-hybridized carbons (Fsp3) is 0.481. The van der Waals surface area contributed by atoms with Crippen LogP contribution < -0.4 is 10.2 Å². The molecule has 7 nitrogen and oxygen atoms in total. The summed E-state index contributed by atoms with van der Waals surface area (Å²) in [6, 6.07) is 8.28. The summed E-state index contributed by atoms with van der Waals surface area (Å²) in [5.41, 5.74) is 4.74. The molecule has 0 bridgehead atoms. The number of rotatable bonds is 7. The number of nitrogens with zero attached hydrogens (tertiary/aromatic N) is 4. The van der Waals surface area contributed by atoms with E-state index in [1.165, 1.54) is 12.8 Å². The number of carbonyl (C=O) groups is 1. The molecule has 2 N–H and O–H groups in total. The van der Waals surface area contributed by atoms with Crippen molar-refractivity contribution >= 4 is 28.7 Å². The van der Waals surface area contributed by atoms with Crippen molar-refractivity contribution in [1.82, 2.24) is 19.8 Å². The smallest absolute Gasteiger partial charge is 0.251 e. The van der Waals surface area contributed by atoms with E-state index >= 15 is 0 Å². The van der Waals surface area contributed by atoms with Gasteiger partial charge >= 0.3 is 0 Å². The number of hydrogen-bond donors (Lipinski definition) is 2. The van der Waals surface area contributed by atoms with Crippen molar-refractivity contribution in [2.24, 2.45) is 0 Å². The number of carbonyl (C=O) groups excluding carboxylic acids is 1. The van der Waals surface area contributed by atoms with Crippen LogP contribution in [0.15, 0.2) is 30.5 Å². The Morgan fingerprint density at radius 3 is 2.51 bits per heavy atom. The van der Waals surface area contributed by atoms with Gasteiger partial charge in [0.2, 0.25) is 0 Å². The van der Waals surface area contributed by atoms with Gasteiger partial charge in [-0.1, -0.05) is 11.6 Å². The van der Waals surface area contributed by atoms with Gasteiger partial charge in [-0.2, -0.15) is 5.10 Å². The highest BCUT2D eigenvalue weighted by Crippen LogP contribution is 2.34. The van der Waals surface area contributed by atoms with E-state index in [1.807, 2.05) is 26.0 Å². The third-order valence-corrected chi connectivity index (χ3v) is 7.66. The summed E-state index contributed by atoms with van der Waals surface area (Å²) in [5.74, 6) is -0.0685. The molecule has 0 unspecified atom stereocenters. The van der Waals surface area contributed by atoms with Crippen molar-refractivity contribution in [2.75, 3.05) is 25.5 Å². The second-order valence-corrected chi connectivity index (χ2v) is 10.2. The topological polar surface area (TPSA) is 73.1 Å². The molecule has 4 rings (SSSR count). The second-order valence-electron chi connectivity index (χ2n) is 9.77. The number of hydrogen-bond acceptors (Lipinski definition) is 5. The average Bonchev–Trinajstić information content (AvgIpc) is 3.32. The molecule has 1 fully saturated rings. The van der Waals surface area contributed by atoms with Crippen molar-refractivity contribution in [2.45, 2.75) is 65.1 Å². The average molecular weight is 498 g/mol. The number of nitrogens with one attached hydrogen (secondary N) is 1. The zero-order valence-electron chi connectivity index (χ0n) is 21.3. The summed E-state index contributed by atoms with van der Waals surface area (Å²) in [7, 11) is 4.31. The molecule has 1 aliphatic rings. The van der Waals surface area contributed by atoms with Gasteiger partial charge < -0.3 is 20.2 Å². The highest BCUT2D eigenvalue weighted by atomic mass is 35.5. The first-order valence-electron chi connectivity index (χ1n) is 12.4. The fourth-order valence-electron chi connectivity index (χ4n) is 5.45. The lowest BCUT2D eigenvalue weighted by molar-refractivity contribution is 0.0950. The van der Waals surface area contributed by atoms with Gasteiger partial charge in [-0.15, -0.1) is 0 Å². The lowest BCUT2D eigenvalue weighted by Crippen LogP contribution is -2.42. The Kier molecular flexibility index (Phi) is 7.57. The van der Waals surface area contributed by atoms with Gasteiger partial charge in [-0.25, -0.2) is 4.52 Å². The highest BCUT2D eigenvalue weighted by molar-refractivity contribution is 6.31. The Hall–Kier alpha value is -2.77. The predicted octanol–water partition coefficient (Wildman–Crippen LogP) is 4.94. The molecule has 0 radical (unpaired) electrons. The summed E-state index contributed by atoms with van der Waals surface area (Å²) in [6.07, 6.45) is 6.27. The van der Waals surface area contributed by atoms with Crippen LogP contribution in [-0.2, 0) is 6.54 Å². The molecule has 2 heterocycles. The van der Waals surface area contributed by atoms with E-state index in [-0.39, 0.29) is 18.2 Å². The molecular formula is C27H36ClN5O2. The van der Waals surface area contributed by atoms with Crippen LogP contribution >= 0.6 is 11.6 Å². The normalized spacial score (nSPS) is 18.3. The van der Waals surface area contributed by atoms with Gasteiger partial charge in [-0.3, -0.25) is 4.79 Å². The first kappa shape index (κ1) is 25.3. The number of halogens is 1. The van der Waals surface area contributed by atoms with E-state index < -0.39 is 0 Å². The summed E-state index contributed by atoms with van der Waals surface area (Å²) in [5, 5.41) is 18.3. The first-order valence-corrected chi connectivity index (χ1v) is 12.8. The maximum Gasteiger partial charge on any atom is 0.251 e. The van der Waals surface area contributed by atoms with Crippen LogP contribution in [0.4, 0.5) is 5.69 Å². The lowest BCUT2D eigenvalue weighted by atomic mass is 9.89. The van der Waals surface area contributed by atoms with Gasteiger partial charge in [0.15, 0.2) is 0 Å². The van der Waals surface area contributed by atoms with Gasteiger partial charge in [-0.05, 0) is 84.3 Å². The minimum absolute atomic E-state index is 0.143. The van der Waals surface area contributed by atoms with Crippen LogP contribution in [0.1, 0.15) is 59.8 Å². The van der Waals surface area contributed by atoms with Crippen LogP contribution in [0.25, 0.3) is 5.52 Å². The van der Waals surface area contributed by atoms with E-state index in [1.54, 1.807) is 22.8 Å². The van der Waals surface area contributed by atoms with E-state index in [0.717, 1.165) is 41.8 Å². The minimum Gasteiger partial charge on any atom is -0.507 e. The van der Waals surface area contributed by atoms with E-state index in [4.69, 9.17) is 11.6 Å². The Balaban J connectivity index is 1.56. The maximum atomic E-state index is 13.3. The van der Waals surface area contributed by atoms with Gasteiger partial charge in [0.1, 0.15) is 5.75 Å². The molecule has 1 aromatic carbocycles. The van der Waals surface area contributed by atoms with E-state index in [9.17, 15) is 9.90 Å². The zero-order chi connectivity index (χ0) is 25.3. The van der Waals surface area contributed by atoms with Crippen LogP contribution in [0, 0.1) is 13.8 Å². The molecular weight excluding hydrogens is 462 g/mol. The third-order valence-electron chi connectivity index (χ3n) is 7.44. The van der Waals surface area contributed by atoms with Crippen molar-refractivity contribution in [3.05, 3.63) is 57.9 Å². The molecule has 188 valence electrons. The molecule has 0 saturated heterocycles.